The van der Waals surface area contributed by atoms with E-state index in [0.717, 1.165) is 22.2 Å². The SMILES string of the molecule is CN=C(NCc1ccccc1Cl)NCc1nnc(C)n1C. The van der Waals surface area contributed by atoms with E-state index >= 15 is 0 Å². The van der Waals surface area contributed by atoms with Crippen molar-refractivity contribution in [1.82, 2.24) is 25.4 Å². The van der Waals surface area contributed by atoms with Crippen molar-refractivity contribution in [3.63, 3.8) is 0 Å². The Hall–Kier alpha value is -2.08. The lowest BCUT2D eigenvalue weighted by Gasteiger charge is -2.12. The summed E-state index contributed by atoms with van der Waals surface area (Å²) in [5, 5.41) is 15.3. The standard InChI is InChI=1S/C14H19ClN6/c1-10-19-20-13(21(10)3)9-18-14(16-2)17-8-11-6-4-5-7-12(11)15/h4-7H,8-9H2,1-3H3,(H2,16,17,18). The molecule has 1 heterocycles. The molecule has 1 aromatic carbocycles. The third-order valence-electron chi connectivity index (χ3n) is 3.22. The molecule has 2 N–H and O–H groups in total. The maximum atomic E-state index is 6.13. The van der Waals surface area contributed by atoms with Gasteiger partial charge in [-0.05, 0) is 18.6 Å². The largest absolute Gasteiger partial charge is 0.352 e. The van der Waals surface area contributed by atoms with Crippen LogP contribution >= 0.6 is 11.6 Å². The van der Waals surface area contributed by atoms with Crippen molar-refractivity contribution < 1.29 is 0 Å². The van der Waals surface area contributed by atoms with Crippen molar-refractivity contribution in [3.05, 3.63) is 46.5 Å². The Morgan fingerprint density at radius 3 is 2.57 bits per heavy atom. The summed E-state index contributed by atoms with van der Waals surface area (Å²) in [6.45, 7) is 3.08. The van der Waals surface area contributed by atoms with Crippen LogP contribution in [0.3, 0.4) is 0 Å². The van der Waals surface area contributed by atoms with Crippen LogP contribution in [0.25, 0.3) is 0 Å². The van der Waals surface area contributed by atoms with Crippen LogP contribution < -0.4 is 10.6 Å². The molecular formula is C14H19ClN6. The average molecular weight is 307 g/mol. The predicted molar refractivity (Wildman–Crippen MR) is 84.2 cm³/mol. The fourth-order valence-electron chi connectivity index (χ4n) is 1.81. The molecule has 21 heavy (non-hydrogen) atoms. The van der Waals surface area contributed by atoms with Crippen LogP contribution in [0, 0.1) is 6.92 Å². The molecule has 6 nitrogen and oxygen atoms in total. The molecule has 1 aromatic heterocycles. The monoisotopic (exact) mass is 306 g/mol. The Morgan fingerprint density at radius 1 is 1.24 bits per heavy atom. The molecule has 0 fully saturated rings. The lowest BCUT2D eigenvalue weighted by atomic mass is 10.2. The van der Waals surface area contributed by atoms with Gasteiger partial charge in [0, 0.05) is 25.7 Å². The first-order valence-electron chi connectivity index (χ1n) is 6.64. The highest BCUT2D eigenvalue weighted by Gasteiger charge is 2.06. The number of hydrogen-bond acceptors (Lipinski definition) is 3. The summed E-state index contributed by atoms with van der Waals surface area (Å²) < 4.78 is 1.94. The lowest BCUT2D eigenvalue weighted by molar-refractivity contribution is 0.717. The topological polar surface area (TPSA) is 67.1 Å². The molecule has 0 aliphatic carbocycles. The normalized spacial score (nSPS) is 11.5. The second-order valence-electron chi connectivity index (χ2n) is 4.59. The van der Waals surface area contributed by atoms with Crippen LogP contribution in [-0.2, 0) is 20.1 Å². The van der Waals surface area contributed by atoms with E-state index in [4.69, 9.17) is 11.6 Å². The summed E-state index contributed by atoms with van der Waals surface area (Å²) in [5.74, 6) is 2.43. The van der Waals surface area contributed by atoms with E-state index in [9.17, 15) is 0 Å². The van der Waals surface area contributed by atoms with Crippen LogP contribution in [0.5, 0.6) is 0 Å². The van der Waals surface area contributed by atoms with Crippen molar-refractivity contribution in [2.24, 2.45) is 12.0 Å². The van der Waals surface area contributed by atoms with Crippen molar-refractivity contribution >= 4 is 17.6 Å². The highest BCUT2D eigenvalue weighted by atomic mass is 35.5. The van der Waals surface area contributed by atoms with Crippen LogP contribution in [0.1, 0.15) is 17.2 Å². The highest BCUT2D eigenvalue weighted by molar-refractivity contribution is 6.31. The maximum absolute atomic E-state index is 6.13. The number of nitrogens with zero attached hydrogens (tertiary/aromatic N) is 4. The van der Waals surface area contributed by atoms with Gasteiger partial charge in [0.05, 0.1) is 6.54 Å². The fourth-order valence-corrected chi connectivity index (χ4v) is 2.01. The first kappa shape index (κ1) is 15.3. The van der Waals surface area contributed by atoms with E-state index in [0.29, 0.717) is 19.0 Å². The zero-order chi connectivity index (χ0) is 15.2. The number of guanidine groups is 1. The molecular weight excluding hydrogens is 288 g/mol. The van der Waals surface area contributed by atoms with Gasteiger partial charge in [0.25, 0.3) is 0 Å². The van der Waals surface area contributed by atoms with Gasteiger partial charge in [-0.1, -0.05) is 29.8 Å². The van der Waals surface area contributed by atoms with Crippen LogP contribution in [0.2, 0.25) is 5.02 Å². The van der Waals surface area contributed by atoms with Gasteiger partial charge in [-0.15, -0.1) is 10.2 Å². The number of nitrogens with one attached hydrogen (secondary N) is 2. The van der Waals surface area contributed by atoms with Crippen LogP contribution in [0.15, 0.2) is 29.3 Å². The zero-order valence-corrected chi connectivity index (χ0v) is 13.1. The van der Waals surface area contributed by atoms with E-state index in [1.54, 1.807) is 7.05 Å². The number of aryl methyl sites for hydroxylation is 1. The minimum atomic E-state index is 0.555. The second-order valence-corrected chi connectivity index (χ2v) is 5.00. The first-order valence-corrected chi connectivity index (χ1v) is 7.02. The third-order valence-corrected chi connectivity index (χ3v) is 3.59. The van der Waals surface area contributed by atoms with Gasteiger partial charge < -0.3 is 15.2 Å². The molecule has 0 aliphatic rings. The Morgan fingerprint density at radius 2 is 1.95 bits per heavy atom. The predicted octanol–water partition coefficient (Wildman–Crippen LogP) is 1.64. The van der Waals surface area contributed by atoms with Crippen molar-refractivity contribution in [2.45, 2.75) is 20.0 Å². The second kappa shape index (κ2) is 7.08. The van der Waals surface area contributed by atoms with Crippen LogP contribution in [-0.4, -0.2) is 27.8 Å². The van der Waals surface area contributed by atoms with Crippen molar-refractivity contribution in [3.8, 4) is 0 Å². The summed E-state index contributed by atoms with van der Waals surface area (Å²) in [4.78, 5) is 4.18. The Bertz CT molecular complexity index is 634. The quantitative estimate of drug-likeness (QED) is 0.666. The number of aromatic nitrogens is 3. The number of rotatable bonds is 4. The zero-order valence-electron chi connectivity index (χ0n) is 12.4. The third kappa shape index (κ3) is 3.95. The summed E-state index contributed by atoms with van der Waals surface area (Å²) in [7, 11) is 3.66. The molecule has 0 aliphatic heterocycles. The Labute approximate surface area is 129 Å². The molecule has 0 saturated heterocycles. The summed E-state index contributed by atoms with van der Waals surface area (Å²) in [6, 6.07) is 7.72. The molecule has 0 spiro atoms. The summed E-state index contributed by atoms with van der Waals surface area (Å²) in [5.41, 5.74) is 1.02. The highest BCUT2D eigenvalue weighted by Crippen LogP contribution is 2.14. The van der Waals surface area contributed by atoms with E-state index < -0.39 is 0 Å². The van der Waals surface area contributed by atoms with Gasteiger partial charge in [0.2, 0.25) is 0 Å². The molecule has 0 saturated carbocycles. The molecule has 0 bridgehead atoms. The first-order chi connectivity index (χ1) is 10.1. The molecule has 7 heteroatoms. The minimum Gasteiger partial charge on any atom is -0.352 e. The molecule has 0 radical (unpaired) electrons. The van der Waals surface area contributed by atoms with Gasteiger partial charge >= 0.3 is 0 Å². The van der Waals surface area contributed by atoms with Gasteiger partial charge in [-0.3, -0.25) is 4.99 Å². The lowest BCUT2D eigenvalue weighted by Crippen LogP contribution is -2.37. The average Bonchev–Trinajstić information content (AvgIpc) is 2.81. The van der Waals surface area contributed by atoms with Gasteiger partial charge in [0.1, 0.15) is 5.82 Å². The number of halogens is 1. The molecule has 2 rings (SSSR count). The van der Waals surface area contributed by atoms with Crippen molar-refractivity contribution in [1.29, 1.82) is 0 Å². The minimum absolute atomic E-state index is 0.555. The Kier molecular flexibility index (Phi) is 5.16. The number of aliphatic imine (C=N–C) groups is 1. The number of benzene rings is 1. The summed E-state index contributed by atoms with van der Waals surface area (Å²) in [6.07, 6.45) is 0. The van der Waals surface area contributed by atoms with E-state index in [1.807, 2.05) is 42.8 Å². The van der Waals surface area contributed by atoms with Gasteiger partial charge in [-0.25, -0.2) is 0 Å². The molecule has 0 amide bonds. The van der Waals surface area contributed by atoms with E-state index in [-0.39, 0.29) is 0 Å². The van der Waals surface area contributed by atoms with Gasteiger partial charge in [0.15, 0.2) is 11.8 Å². The summed E-state index contributed by atoms with van der Waals surface area (Å²) >= 11 is 6.13. The maximum Gasteiger partial charge on any atom is 0.191 e. The van der Waals surface area contributed by atoms with Gasteiger partial charge in [-0.2, -0.15) is 0 Å². The molecule has 2 aromatic rings. The molecule has 112 valence electrons. The smallest absolute Gasteiger partial charge is 0.191 e. The molecule has 0 unspecified atom stereocenters. The van der Waals surface area contributed by atoms with E-state index in [2.05, 4.69) is 25.8 Å². The van der Waals surface area contributed by atoms with Crippen molar-refractivity contribution in [2.75, 3.05) is 7.05 Å². The Balaban J connectivity index is 1.90. The fraction of sp³-hybridized carbons (Fsp3) is 0.357. The van der Waals surface area contributed by atoms with E-state index in [1.165, 1.54) is 0 Å². The molecule has 0 atom stereocenters. The number of hydrogen-bond donors (Lipinski definition) is 2. The van der Waals surface area contributed by atoms with Crippen LogP contribution in [0.4, 0.5) is 0 Å².